The summed E-state index contributed by atoms with van der Waals surface area (Å²) in [5.41, 5.74) is -1.25. The van der Waals surface area contributed by atoms with Crippen LogP contribution < -0.4 is 4.74 Å². The molecule has 12 heteroatoms. The lowest BCUT2D eigenvalue weighted by atomic mass is 9.98. The Labute approximate surface area is 187 Å². The zero-order valence-corrected chi connectivity index (χ0v) is 18.2. The fourth-order valence-corrected chi connectivity index (χ4v) is 4.86. The molecule has 0 N–H and O–H groups in total. The Morgan fingerprint density at radius 2 is 1.45 bits per heavy atom. The highest BCUT2D eigenvalue weighted by atomic mass is 32.2. The molecule has 0 unspecified atom stereocenters. The van der Waals surface area contributed by atoms with Crippen LogP contribution >= 0.6 is 0 Å². The number of ether oxygens (including phenoxy) is 2. The number of rotatable bonds is 7. The van der Waals surface area contributed by atoms with Crippen molar-refractivity contribution < 1.29 is 44.6 Å². The molecule has 2 aromatic rings. The van der Waals surface area contributed by atoms with E-state index in [9.17, 15) is 35.2 Å². The molecule has 3 rings (SSSR count). The van der Waals surface area contributed by atoms with E-state index in [2.05, 4.69) is 0 Å². The summed E-state index contributed by atoms with van der Waals surface area (Å²) in [6, 6.07) is 5.87. The van der Waals surface area contributed by atoms with Crippen molar-refractivity contribution in [3.63, 3.8) is 0 Å². The highest BCUT2D eigenvalue weighted by Gasteiger charge is 2.33. The van der Waals surface area contributed by atoms with Gasteiger partial charge in [-0.15, -0.1) is 0 Å². The highest BCUT2D eigenvalue weighted by Crippen LogP contribution is 2.27. The molecule has 0 spiro atoms. The maximum absolute atomic E-state index is 13.7. The van der Waals surface area contributed by atoms with Gasteiger partial charge >= 0.3 is 5.97 Å². The molecule has 0 atom stereocenters. The van der Waals surface area contributed by atoms with Crippen LogP contribution in [-0.4, -0.2) is 38.4 Å². The number of carbonyl (C=O) groups excluding carboxylic acids is 1. The molecule has 1 heterocycles. The van der Waals surface area contributed by atoms with Gasteiger partial charge in [-0.2, -0.15) is 4.31 Å². The summed E-state index contributed by atoms with van der Waals surface area (Å²) in [6.07, 6.45) is 0.123. The third kappa shape index (κ3) is 5.11. The Bertz CT molecular complexity index is 1100. The van der Waals surface area contributed by atoms with Crippen LogP contribution in [0.2, 0.25) is 0 Å². The normalized spacial score (nSPS) is 15.5. The van der Waals surface area contributed by atoms with Crippen molar-refractivity contribution >= 4 is 16.0 Å². The molecular weight excluding hydrogens is 473 g/mol. The summed E-state index contributed by atoms with van der Waals surface area (Å²) < 4.78 is 104. The highest BCUT2D eigenvalue weighted by molar-refractivity contribution is 7.89. The van der Waals surface area contributed by atoms with Crippen molar-refractivity contribution in [2.24, 2.45) is 5.92 Å². The molecule has 6 nitrogen and oxygen atoms in total. The molecule has 0 aliphatic carbocycles. The van der Waals surface area contributed by atoms with Crippen LogP contribution in [0.5, 0.6) is 5.75 Å². The number of nitrogens with zero attached hydrogens (tertiary/aromatic N) is 1. The second-order valence-corrected chi connectivity index (χ2v) is 9.18. The zero-order chi connectivity index (χ0) is 24.3. The van der Waals surface area contributed by atoms with Gasteiger partial charge in [-0.05, 0) is 44.0 Å². The number of benzene rings is 2. The fraction of sp³-hybridized carbons (Fsp3) is 0.381. The van der Waals surface area contributed by atoms with Crippen molar-refractivity contribution in [1.29, 1.82) is 0 Å². The van der Waals surface area contributed by atoms with E-state index in [-0.39, 0.29) is 30.8 Å². The molecule has 33 heavy (non-hydrogen) atoms. The van der Waals surface area contributed by atoms with E-state index < -0.39 is 63.2 Å². The summed E-state index contributed by atoms with van der Waals surface area (Å²) in [5.74, 6) is -11.9. The summed E-state index contributed by atoms with van der Waals surface area (Å²) in [5, 5.41) is 0. The summed E-state index contributed by atoms with van der Waals surface area (Å²) in [6.45, 7) is 1.05. The molecule has 1 saturated heterocycles. The molecule has 0 amide bonds. The topological polar surface area (TPSA) is 72.9 Å². The Balaban J connectivity index is 1.60. The lowest BCUT2D eigenvalue weighted by molar-refractivity contribution is -0.151. The molecule has 0 saturated carbocycles. The van der Waals surface area contributed by atoms with E-state index in [1.54, 1.807) is 6.92 Å². The third-order valence-corrected chi connectivity index (χ3v) is 7.13. The van der Waals surface area contributed by atoms with Gasteiger partial charge < -0.3 is 9.47 Å². The van der Waals surface area contributed by atoms with Gasteiger partial charge in [0.05, 0.1) is 23.0 Å². The van der Waals surface area contributed by atoms with Crippen molar-refractivity contribution in [3.8, 4) is 5.75 Å². The fourth-order valence-electron chi connectivity index (χ4n) is 3.39. The Hall–Kier alpha value is -2.73. The number of hydrogen-bond donors (Lipinski definition) is 0. The largest absolute Gasteiger partial charge is 0.494 e. The molecule has 1 fully saturated rings. The first-order valence-corrected chi connectivity index (χ1v) is 11.4. The Kier molecular flexibility index (Phi) is 7.58. The van der Waals surface area contributed by atoms with Crippen LogP contribution in [0, 0.1) is 35.0 Å². The number of halogens is 5. The van der Waals surface area contributed by atoms with E-state index in [0.717, 1.165) is 0 Å². The minimum atomic E-state index is -3.82. The van der Waals surface area contributed by atoms with Crippen LogP contribution in [0.25, 0.3) is 0 Å². The zero-order valence-electron chi connectivity index (χ0n) is 17.4. The first kappa shape index (κ1) is 24.9. The summed E-state index contributed by atoms with van der Waals surface area (Å²) >= 11 is 0. The third-order valence-electron chi connectivity index (χ3n) is 5.22. The SMILES string of the molecule is CCOc1ccc(S(=O)(=O)N2CCC(C(=O)OCc3c(F)c(F)c(F)c(F)c3F)CC2)cc1. The van der Waals surface area contributed by atoms with Crippen LogP contribution in [0.4, 0.5) is 22.0 Å². The van der Waals surface area contributed by atoms with Gasteiger partial charge in [-0.1, -0.05) is 0 Å². The molecule has 180 valence electrons. The van der Waals surface area contributed by atoms with Gasteiger partial charge in [0, 0.05) is 13.1 Å². The van der Waals surface area contributed by atoms with Gasteiger partial charge in [0.15, 0.2) is 23.3 Å². The summed E-state index contributed by atoms with van der Waals surface area (Å²) in [4.78, 5) is 12.3. The number of hydrogen-bond acceptors (Lipinski definition) is 5. The summed E-state index contributed by atoms with van der Waals surface area (Å²) in [7, 11) is -3.82. The number of esters is 1. The standard InChI is InChI=1S/C21H20F5NO5S/c1-2-31-13-3-5-14(6-4-13)33(29,30)27-9-7-12(8-10-27)21(28)32-11-15-16(22)18(24)20(26)19(25)17(15)23/h3-6,12H,2,7-11H2,1H3. The van der Waals surface area contributed by atoms with Gasteiger partial charge in [-0.3, -0.25) is 4.79 Å². The predicted octanol–water partition coefficient (Wildman–Crippen LogP) is 3.92. The Morgan fingerprint density at radius 3 is 1.97 bits per heavy atom. The molecule has 0 aromatic heterocycles. The second-order valence-electron chi connectivity index (χ2n) is 7.24. The maximum Gasteiger partial charge on any atom is 0.309 e. The first-order chi connectivity index (χ1) is 15.6. The first-order valence-electron chi connectivity index (χ1n) is 9.97. The molecule has 1 aliphatic heterocycles. The molecule has 0 radical (unpaired) electrons. The van der Waals surface area contributed by atoms with Crippen molar-refractivity contribution in [3.05, 3.63) is 58.9 Å². The number of carbonyl (C=O) groups is 1. The lowest BCUT2D eigenvalue weighted by Crippen LogP contribution is -2.40. The molecule has 1 aliphatic rings. The quantitative estimate of drug-likeness (QED) is 0.253. The lowest BCUT2D eigenvalue weighted by Gasteiger charge is -2.30. The van der Waals surface area contributed by atoms with Gasteiger partial charge in [-0.25, -0.2) is 30.4 Å². The average Bonchev–Trinajstić information content (AvgIpc) is 2.82. The van der Waals surface area contributed by atoms with E-state index in [1.807, 2.05) is 0 Å². The van der Waals surface area contributed by atoms with Gasteiger partial charge in [0.1, 0.15) is 12.4 Å². The average molecular weight is 493 g/mol. The maximum atomic E-state index is 13.7. The number of sulfonamides is 1. The van der Waals surface area contributed by atoms with Crippen LogP contribution in [0.3, 0.4) is 0 Å². The van der Waals surface area contributed by atoms with Gasteiger partial charge in [0.25, 0.3) is 0 Å². The van der Waals surface area contributed by atoms with E-state index >= 15 is 0 Å². The van der Waals surface area contributed by atoms with Crippen LogP contribution in [0.15, 0.2) is 29.2 Å². The van der Waals surface area contributed by atoms with Crippen molar-refractivity contribution in [1.82, 2.24) is 4.31 Å². The minimum Gasteiger partial charge on any atom is -0.494 e. The van der Waals surface area contributed by atoms with Crippen molar-refractivity contribution in [2.75, 3.05) is 19.7 Å². The van der Waals surface area contributed by atoms with E-state index in [1.165, 1.54) is 28.6 Å². The molecule has 0 bridgehead atoms. The van der Waals surface area contributed by atoms with Crippen LogP contribution in [0.1, 0.15) is 25.3 Å². The van der Waals surface area contributed by atoms with Crippen molar-refractivity contribution in [2.45, 2.75) is 31.3 Å². The number of piperidine rings is 1. The smallest absolute Gasteiger partial charge is 0.309 e. The van der Waals surface area contributed by atoms with Crippen LogP contribution in [-0.2, 0) is 26.2 Å². The van der Waals surface area contributed by atoms with E-state index in [0.29, 0.717) is 12.4 Å². The minimum absolute atomic E-state index is 0.0160. The van der Waals surface area contributed by atoms with Gasteiger partial charge in [0.2, 0.25) is 15.8 Å². The second kappa shape index (κ2) is 10.0. The predicted molar refractivity (Wildman–Crippen MR) is 105 cm³/mol. The molecule has 2 aromatic carbocycles. The Morgan fingerprint density at radius 1 is 0.939 bits per heavy atom. The monoisotopic (exact) mass is 493 g/mol. The van der Waals surface area contributed by atoms with E-state index in [4.69, 9.17) is 9.47 Å². The molecular formula is C21H20F5NO5S.